The van der Waals surface area contributed by atoms with Crippen LogP contribution in [0.1, 0.15) is 43.1 Å². The zero-order valence-electron chi connectivity index (χ0n) is 16.1. The fraction of sp³-hybridized carbons (Fsp3) is 0.125. The van der Waals surface area contributed by atoms with Gasteiger partial charge in [-0.05, 0) is 47.9 Å². The maximum Gasteiger partial charge on any atom is 0.251 e. The van der Waals surface area contributed by atoms with Gasteiger partial charge in [0.15, 0.2) is 5.78 Å². The Morgan fingerprint density at radius 3 is 2.03 bits per heavy atom. The topological polar surface area (TPSA) is 95.5 Å². The van der Waals surface area contributed by atoms with E-state index in [1.165, 1.54) is 12.1 Å². The number of nitrogens with one attached hydrogen (secondary N) is 2. The quantitative estimate of drug-likeness (QED) is 0.433. The zero-order valence-corrected chi connectivity index (χ0v) is 16.1. The van der Waals surface area contributed by atoms with Crippen LogP contribution in [0.4, 0.5) is 0 Å². The largest absolute Gasteiger partial charge is 0.508 e. The van der Waals surface area contributed by atoms with Crippen molar-refractivity contribution in [1.29, 1.82) is 0 Å². The second-order valence-electron chi connectivity index (χ2n) is 7.05. The summed E-state index contributed by atoms with van der Waals surface area (Å²) in [6, 6.07) is 18.7. The van der Waals surface area contributed by atoms with Crippen LogP contribution in [0.3, 0.4) is 0 Å². The molecule has 0 radical (unpaired) electrons. The van der Waals surface area contributed by atoms with Gasteiger partial charge in [0.25, 0.3) is 11.8 Å². The van der Waals surface area contributed by atoms with E-state index < -0.39 is 0 Å². The Bertz CT molecular complexity index is 1150. The number of hydrogen-bond acceptors (Lipinski definition) is 4. The first-order chi connectivity index (χ1) is 14.5. The summed E-state index contributed by atoms with van der Waals surface area (Å²) in [7, 11) is 0. The van der Waals surface area contributed by atoms with Gasteiger partial charge in [0, 0.05) is 35.3 Å². The van der Waals surface area contributed by atoms with Crippen molar-refractivity contribution in [2.24, 2.45) is 0 Å². The molecule has 1 aliphatic carbocycles. The third-order valence-corrected chi connectivity index (χ3v) is 5.02. The number of carbonyl (C=O) groups is 3. The second kappa shape index (κ2) is 8.21. The van der Waals surface area contributed by atoms with Crippen LogP contribution in [-0.2, 0) is 0 Å². The maximum absolute atomic E-state index is 12.6. The SMILES string of the molecule is O=C(NCCCNC(=O)c1ccc2c(c1)C(=O)c1ccccc1-2)c1cccc(O)c1. The molecule has 0 atom stereocenters. The van der Waals surface area contributed by atoms with Crippen molar-refractivity contribution in [1.82, 2.24) is 10.6 Å². The minimum atomic E-state index is -0.283. The van der Waals surface area contributed by atoms with E-state index in [4.69, 9.17) is 0 Å². The third-order valence-electron chi connectivity index (χ3n) is 5.02. The average molecular weight is 400 g/mol. The molecule has 3 N–H and O–H groups in total. The third kappa shape index (κ3) is 3.80. The number of benzene rings is 3. The van der Waals surface area contributed by atoms with Crippen molar-refractivity contribution >= 4 is 17.6 Å². The van der Waals surface area contributed by atoms with Gasteiger partial charge in [0.1, 0.15) is 5.75 Å². The summed E-state index contributed by atoms with van der Waals surface area (Å²) in [5, 5.41) is 15.0. The van der Waals surface area contributed by atoms with Crippen LogP contribution in [0.25, 0.3) is 11.1 Å². The summed E-state index contributed by atoms with van der Waals surface area (Å²) in [5.74, 6) is -0.578. The van der Waals surface area contributed by atoms with Gasteiger partial charge in [-0.2, -0.15) is 0 Å². The van der Waals surface area contributed by atoms with E-state index in [9.17, 15) is 19.5 Å². The normalized spacial score (nSPS) is 11.5. The van der Waals surface area contributed by atoms with Crippen LogP contribution in [0.5, 0.6) is 5.75 Å². The molecule has 1 aliphatic rings. The lowest BCUT2D eigenvalue weighted by Crippen LogP contribution is -2.30. The Kier molecular flexibility index (Phi) is 5.30. The van der Waals surface area contributed by atoms with Crippen LogP contribution in [0.15, 0.2) is 66.7 Å². The Balaban J connectivity index is 1.29. The predicted octanol–water partition coefficient (Wildman–Crippen LogP) is 3.15. The number of carbonyl (C=O) groups excluding carboxylic acids is 3. The predicted molar refractivity (Wildman–Crippen MR) is 113 cm³/mol. The number of phenols is 1. The van der Waals surface area contributed by atoms with E-state index in [1.54, 1.807) is 30.3 Å². The highest BCUT2D eigenvalue weighted by Gasteiger charge is 2.26. The van der Waals surface area contributed by atoms with Gasteiger partial charge in [-0.1, -0.05) is 36.4 Å². The van der Waals surface area contributed by atoms with Gasteiger partial charge in [-0.15, -0.1) is 0 Å². The standard InChI is InChI=1S/C24H20N2O4/c27-17-6-3-5-15(13-17)23(29)25-11-4-12-26-24(30)16-9-10-19-18-7-1-2-8-20(18)22(28)21(19)14-16/h1-3,5-10,13-14,27H,4,11-12H2,(H,25,29)(H,26,30). The Morgan fingerprint density at radius 1 is 0.700 bits per heavy atom. The number of rotatable bonds is 6. The lowest BCUT2D eigenvalue weighted by Gasteiger charge is -2.08. The van der Waals surface area contributed by atoms with Crippen molar-refractivity contribution in [2.45, 2.75) is 6.42 Å². The molecule has 6 heteroatoms. The van der Waals surface area contributed by atoms with Gasteiger partial charge in [-0.3, -0.25) is 14.4 Å². The van der Waals surface area contributed by atoms with Crippen LogP contribution in [0.2, 0.25) is 0 Å². The molecule has 4 rings (SSSR count). The van der Waals surface area contributed by atoms with Crippen molar-refractivity contribution in [3.8, 4) is 16.9 Å². The molecular formula is C24H20N2O4. The monoisotopic (exact) mass is 400 g/mol. The summed E-state index contributed by atoms with van der Waals surface area (Å²) in [6.07, 6.45) is 0.547. The van der Waals surface area contributed by atoms with Gasteiger partial charge in [0.2, 0.25) is 0 Å². The first-order valence-corrected chi connectivity index (χ1v) is 9.68. The molecule has 150 valence electrons. The molecule has 2 amide bonds. The molecular weight excluding hydrogens is 380 g/mol. The first kappa shape index (κ1) is 19.4. The summed E-state index contributed by atoms with van der Waals surface area (Å²) in [6.45, 7) is 0.761. The zero-order chi connectivity index (χ0) is 21.1. The molecule has 3 aromatic rings. The highest BCUT2D eigenvalue weighted by Crippen LogP contribution is 2.36. The highest BCUT2D eigenvalue weighted by molar-refractivity contribution is 6.22. The summed E-state index contributed by atoms with van der Waals surface area (Å²) >= 11 is 0. The molecule has 0 fully saturated rings. The van der Waals surface area contributed by atoms with Crippen LogP contribution in [-0.4, -0.2) is 35.8 Å². The Hall–Kier alpha value is -3.93. The molecule has 0 saturated carbocycles. The molecule has 30 heavy (non-hydrogen) atoms. The summed E-state index contributed by atoms with van der Waals surface area (Å²) < 4.78 is 0. The first-order valence-electron chi connectivity index (χ1n) is 9.68. The fourth-order valence-corrected chi connectivity index (χ4v) is 3.51. The molecule has 0 heterocycles. The number of hydrogen-bond donors (Lipinski definition) is 3. The van der Waals surface area contributed by atoms with E-state index in [0.717, 1.165) is 11.1 Å². The number of amides is 2. The van der Waals surface area contributed by atoms with E-state index in [0.29, 0.717) is 41.8 Å². The molecule has 0 bridgehead atoms. The van der Waals surface area contributed by atoms with E-state index in [2.05, 4.69) is 10.6 Å². The van der Waals surface area contributed by atoms with Crippen LogP contribution in [0, 0.1) is 0 Å². The molecule has 0 aliphatic heterocycles. The van der Waals surface area contributed by atoms with Crippen molar-refractivity contribution in [3.63, 3.8) is 0 Å². The van der Waals surface area contributed by atoms with Gasteiger partial charge in [-0.25, -0.2) is 0 Å². The Labute approximate surface area is 173 Å². The van der Waals surface area contributed by atoms with Crippen molar-refractivity contribution in [3.05, 3.63) is 89.0 Å². The van der Waals surface area contributed by atoms with E-state index >= 15 is 0 Å². The number of phenolic OH excluding ortho intramolecular Hbond substituents is 1. The lowest BCUT2D eigenvalue weighted by atomic mass is 10.0. The number of aromatic hydroxyl groups is 1. The maximum atomic E-state index is 12.6. The molecule has 0 aromatic heterocycles. The molecule has 6 nitrogen and oxygen atoms in total. The highest BCUT2D eigenvalue weighted by atomic mass is 16.3. The minimum absolute atomic E-state index is 0.0332. The van der Waals surface area contributed by atoms with Gasteiger partial charge >= 0.3 is 0 Å². The summed E-state index contributed by atoms with van der Waals surface area (Å²) in [5.41, 5.74) is 3.75. The summed E-state index contributed by atoms with van der Waals surface area (Å²) in [4.78, 5) is 37.0. The van der Waals surface area contributed by atoms with Crippen LogP contribution >= 0.6 is 0 Å². The lowest BCUT2D eigenvalue weighted by molar-refractivity contribution is 0.0951. The van der Waals surface area contributed by atoms with E-state index in [1.807, 2.05) is 24.3 Å². The molecule has 0 spiro atoms. The number of fused-ring (bicyclic) bond motifs is 3. The van der Waals surface area contributed by atoms with Gasteiger partial charge in [0.05, 0.1) is 0 Å². The van der Waals surface area contributed by atoms with Crippen LogP contribution < -0.4 is 10.6 Å². The minimum Gasteiger partial charge on any atom is -0.508 e. The smallest absolute Gasteiger partial charge is 0.251 e. The fourth-order valence-electron chi connectivity index (χ4n) is 3.51. The Morgan fingerprint density at radius 2 is 1.33 bits per heavy atom. The van der Waals surface area contributed by atoms with E-state index in [-0.39, 0.29) is 23.3 Å². The second-order valence-corrected chi connectivity index (χ2v) is 7.05. The average Bonchev–Trinajstić information content (AvgIpc) is 3.05. The molecule has 0 saturated heterocycles. The number of ketones is 1. The molecule has 3 aromatic carbocycles. The van der Waals surface area contributed by atoms with Crippen molar-refractivity contribution in [2.75, 3.05) is 13.1 Å². The molecule has 0 unspecified atom stereocenters. The van der Waals surface area contributed by atoms with Gasteiger partial charge < -0.3 is 15.7 Å². The van der Waals surface area contributed by atoms with Crippen molar-refractivity contribution < 1.29 is 19.5 Å².